The van der Waals surface area contributed by atoms with Crippen LogP contribution in [0, 0.1) is 35.5 Å². The van der Waals surface area contributed by atoms with Gasteiger partial charge >= 0.3 is 0 Å². The number of ether oxygens (including phenoxy) is 2. The largest absolute Gasteiger partial charge is 0.378 e. The summed E-state index contributed by atoms with van der Waals surface area (Å²) in [4.78, 5) is 37.6. The van der Waals surface area contributed by atoms with Crippen LogP contribution >= 0.6 is 0 Å². The predicted molar refractivity (Wildman–Crippen MR) is 322 cm³/mol. The molecule has 4 unspecified atom stereocenters. The van der Waals surface area contributed by atoms with E-state index in [0.29, 0.717) is 55.9 Å². The van der Waals surface area contributed by atoms with Crippen LogP contribution in [-0.2, 0) is 19.1 Å². The topological polar surface area (TPSA) is 72.0 Å². The Balaban J connectivity index is 0.000000198. The fraction of sp³-hybridized carbons (Fsp3) is 0.848. The van der Waals surface area contributed by atoms with Gasteiger partial charge in [0, 0.05) is 99.1 Å². The predicted octanol–water partition coefficient (Wildman–Crippen LogP) is 14.7. The third-order valence-electron chi connectivity index (χ3n) is 16.9. The van der Waals surface area contributed by atoms with E-state index in [-0.39, 0.29) is 5.91 Å². The van der Waals surface area contributed by atoms with Crippen molar-refractivity contribution in [3.63, 3.8) is 0 Å². The summed E-state index contributed by atoms with van der Waals surface area (Å²) in [7, 11) is 0. The highest BCUT2D eigenvalue weighted by Gasteiger charge is 2.41. The van der Waals surface area contributed by atoms with Gasteiger partial charge in [-0.3, -0.25) is 9.59 Å². The quantitative estimate of drug-likeness (QED) is 0.151. The first-order valence-corrected chi connectivity index (χ1v) is 31.7. The molecule has 9 aliphatic rings. The van der Waals surface area contributed by atoms with Crippen molar-refractivity contribution in [2.24, 2.45) is 35.5 Å². The molecule has 0 aromatic rings. The van der Waals surface area contributed by atoms with Crippen LogP contribution in [0.4, 0.5) is 0 Å². The van der Waals surface area contributed by atoms with E-state index in [2.05, 4.69) is 134 Å². The third-order valence-corrected chi connectivity index (χ3v) is 16.9. The molecule has 0 saturated carbocycles. The van der Waals surface area contributed by atoms with Crippen molar-refractivity contribution >= 4 is 11.8 Å². The molecule has 0 spiro atoms. The Morgan fingerprint density at radius 1 is 0.342 bits per heavy atom. The fourth-order valence-corrected chi connectivity index (χ4v) is 13.4. The number of carbonyl (C=O) groups is 2. The first kappa shape index (κ1) is 65.5. The van der Waals surface area contributed by atoms with Gasteiger partial charge < -0.3 is 38.9 Å². The van der Waals surface area contributed by atoms with Gasteiger partial charge in [-0.25, -0.2) is 0 Å². The van der Waals surface area contributed by atoms with Crippen LogP contribution < -0.4 is 0 Å². The molecule has 0 aromatic heterocycles. The summed E-state index contributed by atoms with van der Waals surface area (Å²) in [6.07, 6.45) is 27.9. The molecular weight excluding hydrogens is 941 g/mol. The summed E-state index contributed by atoms with van der Waals surface area (Å²) in [5, 5.41) is 0. The number of carbonyl (C=O) groups excluding carboxylic acids is 2. The summed E-state index contributed by atoms with van der Waals surface area (Å²) in [6, 6.07) is 4.16. The standard InChI is InChI=1S/C13H23N.C12H21N.C11H19NO2.C11H21N.C10H19N.C9H17NO2/c1-10(2)9-11(3)14-12-5-4-6-13(14)8-7-12;1-9(2)8-10(3)13-11-4-5-12(13)7-6-11;1-8(2)5-11(13)12-9-3-4-10(12)7-14-6-9;1-10(2)9-11(3)12-7-5-4-6-8-12;1-9(2)8-10(3)11-6-4-5-7-11;1-8(2)7-9(11)10-3-5-12-6-4-10/h10,12-13H,3-9H2,1-2H3;9,11-12H,3-8H2,1-2H3;8-10H,3-7H2,1-2H3;10H,3-9H2,1-2H3;9H,3-8H2,1-2H3;8H,3-7H2,1-2H3. The lowest BCUT2D eigenvalue weighted by Gasteiger charge is -2.38. The molecule has 10 nitrogen and oxygen atoms in total. The second-order valence-corrected chi connectivity index (χ2v) is 26.9. The highest BCUT2D eigenvalue weighted by Crippen LogP contribution is 2.41. The van der Waals surface area contributed by atoms with Crippen LogP contribution in [0.2, 0.25) is 0 Å². The fourth-order valence-electron chi connectivity index (χ4n) is 13.4. The average Bonchev–Trinajstić information content (AvgIpc) is 4.22. The number of amides is 2. The maximum Gasteiger partial charge on any atom is 0.223 e. The van der Waals surface area contributed by atoms with Crippen LogP contribution in [0.5, 0.6) is 0 Å². The molecular formula is C66H120N6O4. The first-order chi connectivity index (χ1) is 36.1. The first-order valence-electron chi connectivity index (χ1n) is 31.7. The maximum atomic E-state index is 11.9. The molecule has 0 aliphatic carbocycles. The van der Waals surface area contributed by atoms with Gasteiger partial charge in [0.25, 0.3) is 0 Å². The molecule has 4 atom stereocenters. The lowest BCUT2D eigenvalue weighted by Crippen LogP contribution is -2.49. The van der Waals surface area contributed by atoms with E-state index in [0.717, 1.165) is 87.0 Å². The Hall–Kier alpha value is -2.98. The smallest absolute Gasteiger partial charge is 0.223 e. The number of nitrogens with zero attached hydrogens (tertiary/aromatic N) is 6. The zero-order chi connectivity index (χ0) is 55.9. The van der Waals surface area contributed by atoms with Gasteiger partial charge in [-0.15, -0.1) is 0 Å². The molecule has 10 heteroatoms. The minimum Gasteiger partial charge on any atom is -0.378 e. The minimum atomic E-state index is 0.272. The van der Waals surface area contributed by atoms with E-state index < -0.39 is 0 Å². The third kappa shape index (κ3) is 22.6. The van der Waals surface area contributed by atoms with Gasteiger partial charge in [0.2, 0.25) is 11.8 Å². The lowest BCUT2D eigenvalue weighted by molar-refractivity contribution is -0.141. The summed E-state index contributed by atoms with van der Waals surface area (Å²) in [5.74, 6) is 4.54. The van der Waals surface area contributed by atoms with Gasteiger partial charge in [-0.05, 0) is 164 Å². The molecule has 76 heavy (non-hydrogen) atoms. The molecule has 9 saturated heterocycles. The van der Waals surface area contributed by atoms with E-state index in [1.165, 1.54) is 165 Å². The van der Waals surface area contributed by atoms with Gasteiger partial charge in [0.1, 0.15) is 0 Å². The number of rotatable bonds is 16. The monoisotopic (exact) mass is 1060 g/mol. The molecule has 438 valence electrons. The van der Waals surface area contributed by atoms with Crippen LogP contribution in [0.1, 0.15) is 224 Å². The second-order valence-electron chi connectivity index (χ2n) is 26.9. The Labute approximate surface area is 469 Å². The number of morpholine rings is 2. The van der Waals surface area contributed by atoms with E-state index >= 15 is 0 Å². The number of fused-ring (bicyclic) bond motifs is 6. The molecule has 9 aliphatic heterocycles. The zero-order valence-corrected chi connectivity index (χ0v) is 51.7. The van der Waals surface area contributed by atoms with Crippen molar-refractivity contribution in [1.82, 2.24) is 29.4 Å². The van der Waals surface area contributed by atoms with E-state index in [9.17, 15) is 9.59 Å². The number of likely N-dealkylation sites (tertiary alicyclic amines) is 2. The van der Waals surface area contributed by atoms with E-state index in [4.69, 9.17) is 9.47 Å². The van der Waals surface area contributed by atoms with Crippen molar-refractivity contribution in [2.75, 3.05) is 65.7 Å². The van der Waals surface area contributed by atoms with Crippen LogP contribution in [0.15, 0.2) is 49.1 Å². The maximum absolute atomic E-state index is 11.9. The second kappa shape index (κ2) is 34.2. The Morgan fingerprint density at radius 2 is 0.658 bits per heavy atom. The Kier molecular flexibility index (Phi) is 29.5. The summed E-state index contributed by atoms with van der Waals surface area (Å²) in [5.41, 5.74) is 5.51. The van der Waals surface area contributed by atoms with Gasteiger partial charge in [-0.2, -0.15) is 0 Å². The Morgan fingerprint density at radius 3 is 1.03 bits per heavy atom. The number of hydrogen-bond donors (Lipinski definition) is 0. The summed E-state index contributed by atoms with van der Waals surface area (Å²) in [6.45, 7) is 52.7. The van der Waals surface area contributed by atoms with Crippen LogP contribution in [0.25, 0.3) is 0 Å². The SMILES string of the molecule is C=C(CC(C)C)N1C2CCC1CC2.C=C(CC(C)C)N1C2CCCC1CC2.C=C(CC(C)C)N1CCCC1.C=C(CC(C)C)N1CCCCC1.CC(C)CC(=O)N1C2CCC1COC2.CC(C)CC(=O)N1CCOCC1. The van der Waals surface area contributed by atoms with Crippen LogP contribution in [0.3, 0.4) is 0 Å². The molecule has 6 bridgehead atoms. The molecule has 9 fully saturated rings. The van der Waals surface area contributed by atoms with Crippen molar-refractivity contribution < 1.29 is 19.1 Å². The molecule has 9 heterocycles. The van der Waals surface area contributed by atoms with Gasteiger partial charge in [-0.1, -0.05) is 109 Å². The highest BCUT2D eigenvalue weighted by molar-refractivity contribution is 5.77. The summed E-state index contributed by atoms with van der Waals surface area (Å²) < 4.78 is 10.6. The number of hydrogen-bond acceptors (Lipinski definition) is 8. The van der Waals surface area contributed by atoms with Crippen molar-refractivity contribution in [3.8, 4) is 0 Å². The molecule has 0 aromatic carbocycles. The summed E-state index contributed by atoms with van der Waals surface area (Å²) >= 11 is 0. The van der Waals surface area contributed by atoms with Crippen molar-refractivity contribution in [3.05, 3.63) is 49.1 Å². The van der Waals surface area contributed by atoms with E-state index in [1.807, 2.05) is 4.90 Å². The molecule has 2 amide bonds. The molecule has 0 N–H and O–H groups in total. The van der Waals surface area contributed by atoms with E-state index in [1.54, 1.807) is 0 Å². The zero-order valence-electron chi connectivity index (χ0n) is 51.7. The van der Waals surface area contributed by atoms with Gasteiger partial charge in [0.05, 0.1) is 38.5 Å². The Bertz CT molecular complexity index is 1590. The molecule has 9 rings (SSSR count). The average molecular weight is 1060 g/mol. The van der Waals surface area contributed by atoms with Crippen molar-refractivity contribution in [1.29, 1.82) is 0 Å². The van der Waals surface area contributed by atoms with Crippen LogP contribution in [-0.4, -0.2) is 143 Å². The highest BCUT2D eigenvalue weighted by atomic mass is 16.5. The number of piperidine rings is 2. The van der Waals surface area contributed by atoms with Gasteiger partial charge in [0.15, 0.2) is 0 Å². The number of allylic oxidation sites excluding steroid dienone is 4. The lowest BCUT2D eigenvalue weighted by atomic mass is 9.99. The normalized spacial score (nSPS) is 25.3. The minimum absolute atomic E-state index is 0.272. The van der Waals surface area contributed by atoms with Crippen molar-refractivity contribution in [2.45, 2.75) is 261 Å². The molecule has 0 radical (unpaired) electrons.